The molecule has 0 aliphatic carbocycles. The molecule has 32 heavy (non-hydrogen) atoms. The summed E-state index contributed by atoms with van der Waals surface area (Å²) in [7, 11) is 0. The number of aromatic nitrogens is 4. The predicted molar refractivity (Wildman–Crippen MR) is 127 cm³/mol. The first-order chi connectivity index (χ1) is 15.8. The molecule has 158 valence electrons. The van der Waals surface area contributed by atoms with Crippen LogP contribution in [0.1, 0.15) is 22.1 Å². The summed E-state index contributed by atoms with van der Waals surface area (Å²) < 4.78 is 7.70. The van der Waals surface area contributed by atoms with Crippen LogP contribution in [0.15, 0.2) is 107 Å². The van der Waals surface area contributed by atoms with Crippen molar-refractivity contribution in [2.24, 2.45) is 0 Å². The maximum Gasteiger partial charge on any atom is 0.192 e. The molecule has 7 heteroatoms. The second-order valence-electron chi connectivity index (χ2n) is 7.17. The molecule has 3 heterocycles. The van der Waals surface area contributed by atoms with Gasteiger partial charge in [-0.1, -0.05) is 65.8 Å². The molecule has 0 saturated heterocycles. The van der Waals surface area contributed by atoms with Crippen LogP contribution < -0.4 is 0 Å². The largest absolute Gasteiger partial charge is 0.467 e. The normalized spacial score (nSPS) is 12.0. The number of nitrogens with zero attached hydrogens (tertiary/aromatic N) is 4. The van der Waals surface area contributed by atoms with Crippen LogP contribution in [-0.2, 0) is 6.54 Å². The number of benzene rings is 2. The van der Waals surface area contributed by atoms with E-state index in [0.717, 1.165) is 27.9 Å². The van der Waals surface area contributed by atoms with Crippen molar-refractivity contribution >= 4 is 23.4 Å². The van der Waals surface area contributed by atoms with Gasteiger partial charge in [-0.3, -0.25) is 9.55 Å². The Morgan fingerprint density at radius 3 is 2.41 bits per heavy atom. The summed E-state index contributed by atoms with van der Waals surface area (Å²) in [6, 6.07) is 26.0. The average molecular weight is 459 g/mol. The maximum atomic E-state index is 6.15. The molecule has 5 nitrogen and oxygen atoms in total. The highest BCUT2D eigenvalue weighted by Crippen LogP contribution is 2.41. The van der Waals surface area contributed by atoms with Gasteiger partial charge in [0, 0.05) is 23.0 Å². The molecular weight excluding hydrogens is 440 g/mol. The third-order valence-corrected chi connectivity index (χ3v) is 6.57. The lowest BCUT2D eigenvalue weighted by Gasteiger charge is -2.18. The number of hydrogen-bond acceptors (Lipinski definition) is 5. The third-order valence-electron chi connectivity index (χ3n) is 5.03. The lowest BCUT2D eigenvalue weighted by molar-refractivity contribution is 0.485. The summed E-state index contributed by atoms with van der Waals surface area (Å²) >= 11 is 7.80. The fourth-order valence-electron chi connectivity index (χ4n) is 3.48. The van der Waals surface area contributed by atoms with Gasteiger partial charge in [-0.15, -0.1) is 10.2 Å². The zero-order valence-electron chi connectivity index (χ0n) is 17.0. The second kappa shape index (κ2) is 9.42. The molecule has 1 atom stereocenters. The average Bonchev–Trinajstić information content (AvgIpc) is 3.50. The van der Waals surface area contributed by atoms with Crippen LogP contribution >= 0.6 is 23.4 Å². The van der Waals surface area contributed by atoms with E-state index in [4.69, 9.17) is 16.0 Å². The van der Waals surface area contributed by atoms with Gasteiger partial charge < -0.3 is 4.42 Å². The summed E-state index contributed by atoms with van der Waals surface area (Å²) in [5, 5.41) is 10.6. The van der Waals surface area contributed by atoms with Crippen molar-refractivity contribution in [1.29, 1.82) is 0 Å². The van der Waals surface area contributed by atoms with Gasteiger partial charge in [0.2, 0.25) is 0 Å². The first-order valence-electron chi connectivity index (χ1n) is 10.1. The smallest absolute Gasteiger partial charge is 0.192 e. The highest BCUT2D eigenvalue weighted by molar-refractivity contribution is 7.99. The summed E-state index contributed by atoms with van der Waals surface area (Å²) in [5.41, 5.74) is 3.22. The van der Waals surface area contributed by atoms with Crippen LogP contribution in [0.2, 0.25) is 5.02 Å². The van der Waals surface area contributed by atoms with E-state index < -0.39 is 0 Å². The molecular formula is C25H19ClN4OS. The SMILES string of the molecule is Clc1ccc([C@H](Sc2nnc(-c3cccnc3)n2Cc2ccco2)c2ccccc2)cc1. The Kier molecular flexibility index (Phi) is 6.05. The Balaban J connectivity index is 1.57. The van der Waals surface area contributed by atoms with E-state index in [-0.39, 0.29) is 5.25 Å². The van der Waals surface area contributed by atoms with Gasteiger partial charge in [-0.25, -0.2) is 0 Å². The number of hydrogen-bond donors (Lipinski definition) is 0. The Hall–Kier alpha value is -3.35. The van der Waals surface area contributed by atoms with Crippen LogP contribution in [0.3, 0.4) is 0 Å². The van der Waals surface area contributed by atoms with Crippen molar-refractivity contribution in [1.82, 2.24) is 19.7 Å². The summed E-state index contributed by atoms with van der Waals surface area (Å²) in [6.45, 7) is 0.523. The van der Waals surface area contributed by atoms with Crippen LogP contribution in [0.25, 0.3) is 11.4 Å². The fourth-order valence-corrected chi connectivity index (χ4v) is 4.77. The summed E-state index contributed by atoms with van der Waals surface area (Å²) in [5.74, 6) is 1.58. The maximum absolute atomic E-state index is 6.15. The minimum absolute atomic E-state index is 0.0229. The predicted octanol–water partition coefficient (Wildman–Crippen LogP) is 6.52. The van der Waals surface area contributed by atoms with Gasteiger partial charge in [0.15, 0.2) is 11.0 Å². The van der Waals surface area contributed by atoms with E-state index >= 15 is 0 Å². The van der Waals surface area contributed by atoms with Gasteiger partial charge in [0.1, 0.15) is 5.76 Å². The molecule has 0 bridgehead atoms. The Morgan fingerprint density at radius 2 is 1.69 bits per heavy atom. The standard InChI is InChI=1S/C25H19ClN4OS/c26-21-12-10-19(11-13-21)23(18-6-2-1-3-7-18)32-25-29-28-24(20-8-4-14-27-16-20)30(25)17-22-9-5-15-31-22/h1-16,23H,17H2/t23-/m1/s1. The number of thioether (sulfide) groups is 1. The fraction of sp³-hybridized carbons (Fsp3) is 0.0800. The van der Waals surface area contributed by atoms with Crippen molar-refractivity contribution in [3.8, 4) is 11.4 Å². The van der Waals surface area contributed by atoms with Crippen molar-refractivity contribution in [2.45, 2.75) is 17.0 Å². The number of rotatable bonds is 7. The summed E-state index contributed by atoms with van der Waals surface area (Å²) in [4.78, 5) is 4.25. The van der Waals surface area contributed by atoms with Crippen LogP contribution in [0.4, 0.5) is 0 Å². The Labute approximate surface area is 195 Å². The monoisotopic (exact) mass is 458 g/mol. The van der Waals surface area contributed by atoms with Crippen LogP contribution in [0.5, 0.6) is 0 Å². The molecule has 5 rings (SSSR count). The van der Waals surface area contributed by atoms with Crippen LogP contribution in [-0.4, -0.2) is 19.7 Å². The van der Waals surface area contributed by atoms with Crippen molar-refractivity contribution in [3.63, 3.8) is 0 Å². The van der Waals surface area contributed by atoms with Gasteiger partial charge >= 0.3 is 0 Å². The molecule has 3 aromatic heterocycles. The number of pyridine rings is 1. The lowest BCUT2D eigenvalue weighted by Crippen LogP contribution is -2.05. The van der Waals surface area contributed by atoms with Gasteiger partial charge in [0.05, 0.1) is 18.1 Å². The molecule has 0 spiro atoms. The molecule has 0 amide bonds. The molecule has 0 unspecified atom stereocenters. The van der Waals surface area contributed by atoms with Crippen LogP contribution in [0, 0.1) is 0 Å². The van der Waals surface area contributed by atoms with Gasteiger partial charge in [0.25, 0.3) is 0 Å². The summed E-state index contributed by atoms with van der Waals surface area (Å²) in [6.07, 6.45) is 5.22. The van der Waals surface area contributed by atoms with E-state index in [1.807, 2.05) is 54.6 Å². The molecule has 0 aliphatic rings. The quantitative estimate of drug-likeness (QED) is 0.260. The van der Waals surface area contributed by atoms with Crippen molar-refractivity contribution in [2.75, 3.05) is 0 Å². The minimum Gasteiger partial charge on any atom is -0.467 e. The number of halogens is 1. The van der Waals surface area contributed by atoms with E-state index in [2.05, 4.69) is 44.0 Å². The lowest BCUT2D eigenvalue weighted by atomic mass is 10.0. The molecule has 0 N–H and O–H groups in total. The number of furan rings is 1. The molecule has 2 aromatic carbocycles. The molecule has 0 fully saturated rings. The van der Waals surface area contributed by atoms with Crippen molar-refractivity contribution < 1.29 is 4.42 Å². The van der Waals surface area contributed by atoms with E-state index in [0.29, 0.717) is 11.6 Å². The molecule has 5 aromatic rings. The zero-order valence-corrected chi connectivity index (χ0v) is 18.6. The molecule has 0 aliphatic heterocycles. The highest BCUT2D eigenvalue weighted by atomic mass is 35.5. The van der Waals surface area contributed by atoms with Gasteiger partial charge in [-0.2, -0.15) is 0 Å². The van der Waals surface area contributed by atoms with E-state index in [1.54, 1.807) is 30.4 Å². The molecule has 0 radical (unpaired) electrons. The topological polar surface area (TPSA) is 56.7 Å². The van der Waals surface area contributed by atoms with E-state index in [1.165, 1.54) is 5.56 Å². The zero-order chi connectivity index (χ0) is 21.8. The Morgan fingerprint density at radius 1 is 0.875 bits per heavy atom. The first-order valence-corrected chi connectivity index (χ1v) is 11.4. The van der Waals surface area contributed by atoms with E-state index in [9.17, 15) is 0 Å². The second-order valence-corrected chi connectivity index (χ2v) is 8.68. The van der Waals surface area contributed by atoms with Gasteiger partial charge in [-0.05, 0) is 47.5 Å². The Bertz CT molecular complexity index is 1270. The minimum atomic E-state index is 0.0229. The molecule has 0 saturated carbocycles. The first kappa shape index (κ1) is 20.5. The van der Waals surface area contributed by atoms with Crippen molar-refractivity contribution in [3.05, 3.63) is 119 Å². The highest BCUT2D eigenvalue weighted by Gasteiger charge is 2.22. The third kappa shape index (κ3) is 4.47.